The molecule has 1 aliphatic rings. The lowest BCUT2D eigenvalue weighted by atomic mass is 10.00. The molecule has 0 saturated heterocycles. The second-order valence-electron chi connectivity index (χ2n) is 7.53. The zero-order chi connectivity index (χ0) is 21.5. The zero-order valence-electron chi connectivity index (χ0n) is 17.7. The Morgan fingerprint density at radius 3 is 2.63 bits per heavy atom. The van der Waals surface area contributed by atoms with E-state index in [0.717, 1.165) is 41.7 Å². The third-order valence-corrected chi connectivity index (χ3v) is 5.34. The number of hydrogen-bond acceptors (Lipinski definition) is 5. The van der Waals surface area contributed by atoms with Crippen LogP contribution in [0.2, 0.25) is 0 Å². The number of carboxylic acid groups (broad SMARTS) is 1. The predicted octanol–water partition coefficient (Wildman–Crippen LogP) is 4.76. The Labute approximate surface area is 177 Å². The normalized spacial score (nSPS) is 17.7. The van der Waals surface area contributed by atoms with Crippen LogP contribution in [0.4, 0.5) is 0 Å². The van der Waals surface area contributed by atoms with Crippen molar-refractivity contribution < 1.29 is 24.2 Å². The SMILES string of the molecule is CCc1cc(OC(CCC(C)OC)c2ccccc2)cc(C2=NOC(C(=O)O)C2)c1. The summed E-state index contributed by atoms with van der Waals surface area (Å²) in [5.74, 6) is -0.266. The number of benzene rings is 2. The van der Waals surface area contributed by atoms with Crippen molar-refractivity contribution in [1.82, 2.24) is 0 Å². The van der Waals surface area contributed by atoms with E-state index in [2.05, 4.69) is 31.1 Å². The summed E-state index contributed by atoms with van der Waals surface area (Å²) in [5.41, 5.74) is 3.68. The molecule has 3 atom stereocenters. The number of carboxylic acids is 1. The first-order valence-electron chi connectivity index (χ1n) is 10.3. The molecule has 30 heavy (non-hydrogen) atoms. The molecule has 2 aromatic rings. The van der Waals surface area contributed by atoms with Crippen molar-refractivity contribution in [2.24, 2.45) is 5.16 Å². The van der Waals surface area contributed by atoms with E-state index in [1.807, 2.05) is 36.4 Å². The highest BCUT2D eigenvalue weighted by molar-refractivity contribution is 6.03. The lowest BCUT2D eigenvalue weighted by Gasteiger charge is -2.22. The van der Waals surface area contributed by atoms with E-state index in [0.29, 0.717) is 5.71 Å². The molecule has 0 fully saturated rings. The second-order valence-corrected chi connectivity index (χ2v) is 7.53. The summed E-state index contributed by atoms with van der Waals surface area (Å²) in [4.78, 5) is 16.2. The highest BCUT2D eigenvalue weighted by Crippen LogP contribution is 2.30. The van der Waals surface area contributed by atoms with Gasteiger partial charge in [0.2, 0.25) is 6.10 Å². The first kappa shape index (κ1) is 21.8. The van der Waals surface area contributed by atoms with Crippen LogP contribution in [0.5, 0.6) is 5.75 Å². The maximum absolute atomic E-state index is 11.2. The number of oxime groups is 1. The average Bonchev–Trinajstić information content (AvgIpc) is 3.27. The molecule has 3 rings (SSSR count). The van der Waals surface area contributed by atoms with Crippen molar-refractivity contribution in [3.8, 4) is 5.75 Å². The van der Waals surface area contributed by atoms with Gasteiger partial charge in [-0.25, -0.2) is 4.79 Å². The Balaban J connectivity index is 1.84. The fraction of sp³-hybridized carbons (Fsp3) is 0.417. The Bertz CT molecular complexity index is 880. The first-order chi connectivity index (χ1) is 14.5. The number of hydrogen-bond donors (Lipinski definition) is 1. The predicted molar refractivity (Wildman–Crippen MR) is 115 cm³/mol. The maximum Gasteiger partial charge on any atom is 0.348 e. The van der Waals surface area contributed by atoms with E-state index in [1.165, 1.54) is 0 Å². The third kappa shape index (κ3) is 5.60. The van der Waals surface area contributed by atoms with Gasteiger partial charge in [-0.1, -0.05) is 42.4 Å². The molecule has 0 saturated carbocycles. The molecule has 6 nitrogen and oxygen atoms in total. The van der Waals surface area contributed by atoms with Crippen molar-refractivity contribution in [1.29, 1.82) is 0 Å². The first-order valence-corrected chi connectivity index (χ1v) is 10.3. The van der Waals surface area contributed by atoms with E-state index in [9.17, 15) is 4.79 Å². The summed E-state index contributed by atoms with van der Waals surface area (Å²) in [6, 6.07) is 16.1. The second kappa shape index (κ2) is 10.3. The zero-order valence-corrected chi connectivity index (χ0v) is 17.7. The molecular formula is C24H29NO5. The van der Waals surface area contributed by atoms with Crippen molar-refractivity contribution in [3.05, 3.63) is 65.2 Å². The monoisotopic (exact) mass is 411 g/mol. The van der Waals surface area contributed by atoms with Crippen LogP contribution in [0.15, 0.2) is 53.7 Å². The molecule has 0 aliphatic carbocycles. The molecule has 0 aromatic heterocycles. The van der Waals surface area contributed by atoms with Crippen LogP contribution >= 0.6 is 0 Å². The van der Waals surface area contributed by atoms with E-state index in [-0.39, 0.29) is 18.6 Å². The number of aryl methyl sites for hydroxylation is 1. The lowest BCUT2D eigenvalue weighted by Crippen LogP contribution is -2.20. The van der Waals surface area contributed by atoms with E-state index in [1.54, 1.807) is 7.11 Å². The van der Waals surface area contributed by atoms with E-state index in [4.69, 9.17) is 19.4 Å². The molecule has 0 amide bonds. The van der Waals surface area contributed by atoms with Gasteiger partial charge in [-0.05, 0) is 55.5 Å². The van der Waals surface area contributed by atoms with Gasteiger partial charge in [0.1, 0.15) is 11.9 Å². The number of nitrogens with zero attached hydrogens (tertiary/aromatic N) is 1. The number of carbonyl (C=O) groups is 1. The summed E-state index contributed by atoms with van der Waals surface area (Å²) < 4.78 is 11.9. The molecule has 2 aromatic carbocycles. The topological polar surface area (TPSA) is 77.3 Å². The summed E-state index contributed by atoms with van der Waals surface area (Å²) in [6.45, 7) is 4.12. The Morgan fingerprint density at radius 2 is 2.00 bits per heavy atom. The fourth-order valence-corrected chi connectivity index (χ4v) is 3.41. The van der Waals surface area contributed by atoms with Gasteiger partial charge in [-0.3, -0.25) is 0 Å². The molecule has 1 N–H and O–H groups in total. The molecule has 0 radical (unpaired) electrons. The van der Waals surface area contributed by atoms with Crippen LogP contribution in [-0.4, -0.2) is 36.1 Å². The van der Waals surface area contributed by atoms with Gasteiger partial charge in [-0.15, -0.1) is 0 Å². The van der Waals surface area contributed by atoms with Crippen LogP contribution in [0, 0.1) is 0 Å². The van der Waals surface area contributed by atoms with E-state index < -0.39 is 12.1 Å². The minimum absolute atomic E-state index is 0.114. The fourth-order valence-electron chi connectivity index (χ4n) is 3.41. The quantitative estimate of drug-likeness (QED) is 0.610. The summed E-state index contributed by atoms with van der Waals surface area (Å²) >= 11 is 0. The average molecular weight is 411 g/mol. The van der Waals surface area contributed by atoms with Gasteiger partial charge >= 0.3 is 5.97 Å². The summed E-state index contributed by atoms with van der Waals surface area (Å²) in [7, 11) is 1.72. The van der Waals surface area contributed by atoms with Crippen LogP contribution in [-0.2, 0) is 20.8 Å². The van der Waals surface area contributed by atoms with Gasteiger partial charge in [0.05, 0.1) is 11.8 Å². The van der Waals surface area contributed by atoms with Gasteiger partial charge in [0.25, 0.3) is 0 Å². The number of ether oxygens (including phenoxy) is 2. The largest absolute Gasteiger partial charge is 0.486 e. The smallest absolute Gasteiger partial charge is 0.348 e. The standard InChI is InChI=1S/C24H29NO5/c1-4-17-12-19(21-15-23(24(26)27)30-25-21)14-20(13-17)29-22(11-10-16(2)28-3)18-8-6-5-7-9-18/h5-9,12-14,16,22-23H,4,10-11,15H2,1-3H3,(H,26,27). The molecule has 3 unspecified atom stereocenters. The summed E-state index contributed by atoms with van der Waals surface area (Å²) in [5, 5.41) is 13.2. The maximum atomic E-state index is 11.2. The van der Waals surface area contributed by atoms with Gasteiger partial charge < -0.3 is 19.4 Å². The van der Waals surface area contributed by atoms with Gasteiger partial charge in [0, 0.05) is 19.1 Å². The molecule has 0 bridgehead atoms. The van der Waals surface area contributed by atoms with Crippen molar-refractivity contribution in [2.75, 3.05) is 7.11 Å². The highest BCUT2D eigenvalue weighted by atomic mass is 16.7. The number of rotatable bonds is 10. The number of aliphatic carboxylic acids is 1. The van der Waals surface area contributed by atoms with E-state index >= 15 is 0 Å². The van der Waals surface area contributed by atoms with Crippen molar-refractivity contribution >= 4 is 11.7 Å². The summed E-state index contributed by atoms with van der Waals surface area (Å²) in [6.07, 6.45) is 1.87. The van der Waals surface area contributed by atoms with Crippen LogP contribution in [0.3, 0.4) is 0 Å². The molecule has 0 spiro atoms. The molecule has 6 heteroatoms. The van der Waals surface area contributed by atoms with Crippen LogP contribution in [0.1, 0.15) is 55.9 Å². The van der Waals surface area contributed by atoms with Gasteiger partial charge in [0.15, 0.2) is 0 Å². The Morgan fingerprint density at radius 1 is 1.23 bits per heavy atom. The van der Waals surface area contributed by atoms with Gasteiger partial charge in [-0.2, -0.15) is 0 Å². The number of methoxy groups -OCH3 is 1. The lowest BCUT2D eigenvalue weighted by molar-refractivity contribution is -0.148. The molecule has 1 heterocycles. The Kier molecular flexibility index (Phi) is 7.46. The van der Waals surface area contributed by atoms with Crippen LogP contribution in [0.25, 0.3) is 0 Å². The van der Waals surface area contributed by atoms with Crippen molar-refractivity contribution in [3.63, 3.8) is 0 Å². The van der Waals surface area contributed by atoms with Crippen molar-refractivity contribution in [2.45, 2.75) is 57.8 Å². The molecular weight excluding hydrogens is 382 g/mol. The minimum Gasteiger partial charge on any atom is -0.486 e. The third-order valence-electron chi connectivity index (χ3n) is 5.34. The Hall–Kier alpha value is -2.86. The molecule has 1 aliphatic heterocycles. The molecule has 160 valence electrons. The van der Waals surface area contributed by atoms with Crippen LogP contribution < -0.4 is 4.74 Å². The minimum atomic E-state index is -1.01. The highest BCUT2D eigenvalue weighted by Gasteiger charge is 2.29.